The number of nitrogens with one attached hydrogen (secondary N) is 1. The summed E-state index contributed by atoms with van der Waals surface area (Å²) in [4.78, 5) is 33.0. The highest BCUT2D eigenvalue weighted by Crippen LogP contribution is 2.30. The lowest BCUT2D eigenvalue weighted by Gasteiger charge is -2.43. The maximum atomic E-state index is 13.9. The molecule has 3 N–H and O–H groups in total. The van der Waals surface area contributed by atoms with Crippen LogP contribution in [0.25, 0.3) is 0 Å². The molecule has 2 amide bonds. The van der Waals surface area contributed by atoms with Crippen LogP contribution in [0.2, 0.25) is 0 Å². The Morgan fingerprint density at radius 2 is 1.69 bits per heavy atom. The van der Waals surface area contributed by atoms with E-state index in [2.05, 4.69) is 27.7 Å². The average molecular weight is 591 g/mol. The van der Waals surface area contributed by atoms with Gasteiger partial charge in [-0.3, -0.25) is 14.5 Å². The van der Waals surface area contributed by atoms with Crippen LogP contribution in [0.5, 0.6) is 0 Å². The molecule has 8 heteroatoms. The van der Waals surface area contributed by atoms with Crippen LogP contribution in [0.15, 0.2) is 66.0 Å². The Kier molecular flexibility index (Phi) is 10.4. The van der Waals surface area contributed by atoms with Crippen molar-refractivity contribution in [2.75, 3.05) is 19.6 Å². The van der Waals surface area contributed by atoms with Crippen LogP contribution >= 0.6 is 11.3 Å². The van der Waals surface area contributed by atoms with Gasteiger partial charge in [0, 0.05) is 42.7 Å². The Hall–Kier alpha value is -3.07. The molecule has 42 heavy (non-hydrogen) atoms. The zero-order valence-corrected chi connectivity index (χ0v) is 25.3. The zero-order chi connectivity index (χ0) is 29.5. The summed E-state index contributed by atoms with van der Waals surface area (Å²) < 4.78 is 13.6. The minimum atomic E-state index is -0.558. The van der Waals surface area contributed by atoms with E-state index in [-0.39, 0.29) is 23.7 Å². The summed E-state index contributed by atoms with van der Waals surface area (Å²) in [6.45, 7) is 5.26. The first-order valence-electron chi connectivity index (χ1n) is 15.3. The first-order chi connectivity index (χ1) is 20.4. The first kappa shape index (κ1) is 30.4. The SMILES string of the molecule is Cc1ccc(C(=O)N2CCC(N(Cc3ccc(F)cc3)Cc3cccs3)C[C@@H]2C(=O)NCC2CCC(CN)CC2)cc1. The van der Waals surface area contributed by atoms with Crippen LogP contribution in [0, 0.1) is 24.6 Å². The standard InChI is InChI=1S/C34H43FN4O2S/c1-24-4-12-28(13-5-24)34(41)39-17-16-30(19-32(39)33(40)37-21-26-8-6-25(20-36)7-9-26)38(23-31-3-2-18-42-31)22-27-10-14-29(35)15-11-27/h2-5,10-15,18,25-26,30,32H,6-9,16-17,19-23,36H2,1H3,(H,37,40)/t25?,26?,30?,32-/m1/s1. The first-order valence-corrected chi connectivity index (χ1v) is 16.1. The number of hydrogen-bond donors (Lipinski definition) is 2. The molecule has 0 radical (unpaired) electrons. The van der Waals surface area contributed by atoms with Gasteiger partial charge >= 0.3 is 0 Å². The van der Waals surface area contributed by atoms with Crippen molar-refractivity contribution in [1.29, 1.82) is 0 Å². The Morgan fingerprint density at radius 1 is 0.976 bits per heavy atom. The molecule has 1 unspecified atom stereocenters. The summed E-state index contributed by atoms with van der Waals surface area (Å²) in [5.41, 5.74) is 8.61. The number of aryl methyl sites for hydroxylation is 1. The number of thiophene rings is 1. The van der Waals surface area contributed by atoms with Gasteiger partial charge in [0.05, 0.1) is 0 Å². The van der Waals surface area contributed by atoms with Gasteiger partial charge in [-0.25, -0.2) is 4.39 Å². The van der Waals surface area contributed by atoms with Crippen molar-refractivity contribution in [3.63, 3.8) is 0 Å². The third kappa shape index (κ3) is 7.85. The topological polar surface area (TPSA) is 78.7 Å². The van der Waals surface area contributed by atoms with E-state index < -0.39 is 6.04 Å². The summed E-state index contributed by atoms with van der Waals surface area (Å²) in [7, 11) is 0. The molecule has 0 bridgehead atoms. The zero-order valence-electron chi connectivity index (χ0n) is 24.5. The fourth-order valence-electron chi connectivity index (χ4n) is 6.41. The van der Waals surface area contributed by atoms with Gasteiger partial charge in [-0.05, 0) is 105 Å². The van der Waals surface area contributed by atoms with Gasteiger partial charge in [0.1, 0.15) is 11.9 Å². The lowest BCUT2D eigenvalue weighted by atomic mass is 9.82. The van der Waals surface area contributed by atoms with Gasteiger partial charge in [0.25, 0.3) is 5.91 Å². The second-order valence-electron chi connectivity index (χ2n) is 12.0. The number of rotatable bonds is 10. The summed E-state index contributed by atoms with van der Waals surface area (Å²) in [5.74, 6) is 0.624. The molecular formula is C34H43FN4O2S. The molecule has 224 valence electrons. The molecular weight excluding hydrogens is 547 g/mol. The molecule has 2 fully saturated rings. The minimum Gasteiger partial charge on any atom is -0.354 e. The molecule has 2 heterocycles. The van der Waals surface area contributed by atoms with Crippen molar-refractivity contribution >= 4 is 23.2 Å². The quantitative estimate of drug-likeness (QED) is 0.315. The molecule has 5 rings (SSSR count). The number of benzene rings is 2. The highest BCUT2D eigenvalue weighted by atomic mass is 32.1. The highest BCUT2D eigenvalue weighted by molar-refractivity contribution is 7.09. The minimum absolute atomic E-state index is 0.0704. The van der Waals surface area contributed by atoms with E-state index in [1.54, 1.807) is 16.2 Å². The molecule has 2 aliphatic rings. The molecule has 3 aromatic rings. The van der Waals surface area contributed by atoms with Crippen molar-refractivity contribution in [2.24, 2.45) is 17.6 Å². The Balaban J connectivity index is 1.34. The largest absolute Gasteiger partial charge is 0.354 e. The maximum Gasteiger partial charge on any atom is 0.254 e. The van der Waals surface area contributed by atoms with Crippen molar-refractivity contribution < 1.29 is 14.0 Å². The monoisotopic (exact) mass is 590 g/mol. The summed E-state index contributed by atoms with van der Waals surface area (Å²) in [6.07, 6.45) is 5.69. The normalized spacial score (nSPS) is 22.7. The van der Waals surface area contributed by atoms with Gasteiger partial charge in [-0.2, -0.15) is 0 Å². The van der Waals surface area contributed by atoms with Crippen molar-refractivity contribution in [1.82, 2.24) is 15.1 Å². The van der Waals surface area contributed by atoms with Crippen LogP contribution in [-0.2, 0) is 17.9 Å². The maximum absolute atomic E-state index is 13.9. The van der Waals surface area contributed by atoms with Gasteiger partial charge in [-0.1, -0.05) is 35.9 Å². The molecule has 1 aliphatic heterocycles. The number of carbonyl (C=O) groups is 2. The van der Waals surface area contributed by atoms with E-state index in [9.17, 15) is 14.0 Å². The second kappa shape index (κ2) is 14.4. The highest BCUT2D eigenvalue weighted by Gasteiger charge is 2.39. The molecule has 1 aliphatic carbocycles. The summed E-state index contributed by atoms with van der Waals surface area (Å²) >= 11 is 1.71. The number of nitrogens with zero attached hydrogens (tertiary/aromatic N) is 2. The van der Waals surface area contributed by atoms with Crippen LogP contribution in [-0.4, -0.2) is 53.3 Å². The fraction of sp³-hybridized carbons (Fsp3) is 0.471. The van der Waals surface area contributed by atoms with E-state index in [0.717, 1.165) is 56.3 Å². The third-order valence-corrected chi connectivity index (χ3v) is 9.92. The number of carbonyl (C=O) groups excluding carboxylic acids is 2. The van der Waals surface area contributed by atoms with Crippen LogP contribution < -0.4 is 11.1 Å². The third-order valence-electron chi connectivity index (χ3n) is 9.06. The van der Waals surface area contributed by atoms with Crippen LogP contribution in [0.4, 0.5) is 4.39 Å². The molecule has 0 spiro atoms. The van der Waals surface area contributed by atoms with E-state index >= 15 is 0 Å². The summed E-state index contributed by atoms with van der Waals surface area (Å²) in [5, 5.41) is 5.31. The van der Waals surface area contributed by atoms with Gasteiger partial charge in [0.15, 0.2) is 0 Å². The van der Waals surface area contributed by atoms with Crippen LogP contribution in [0.3, 0.4) is 0 Å². The number of piperidine rings is 1. The lowest BCUT2D eigenvalue weighted by Crippen LogP contribution is -2.57. The van der Waals surface area contributed by atoms with E-state index in [1.165, 1.54) is 17.0 Å². The number of likely N-dealkylation sites (tertiary alicyclic amines) is 1. The smallest absolute Gasteiger partial charge is 0.254 e. The fourth-order valence-corrected chi connectivity index (χ4v) is 7.14. The number of nitrogens with two attached hydrogens (primary N) is 1. The van der Waals surface area contributed by atoms with E-state index in [0.29, 0.717) is 43.5 Å². The molecule has 2 atom stereocenters. The van der Waals surface area contributed by atoms with Gasteiger partial charge in [-0.15, -0.1) is 11.3 Å². The van der Waals surface area contributed by atoms with E-state index in [4.69, 9.17) is 5.73 Å². The molecule has 6 nitrogen and oxygen atoms in total. The van der Waals surface area contributed by atoms with E-state index in [1.807, 2.05) is 43.3 Å². The van der Waals surface area contributed by atoms with Gasteiger partial charge in [0.2, 0.25) is 5.91 Å². The Morgan fingerprint density at radius 3 is 2.36 bits per heavy atom. The molecule has 1 saturated heterocycles. The molecule has 2 aromatic carbocycles. The second-order valence-corrected chi connectivity index (χ2v) is 13.1. The Labute approximate surface area is 253 Å². The average Bonchev–Trinajstić information content (AvgIpc) is 3.54. The van der Waals surface area contributed by atoms with Crippen LogP contribution in [0.1, 0.15) is 64.9 Å². The number of amides is 2. The number of halogens is 1. The predicted molar refractivity (Wildman–Crippen MR) is 167 cm³/mol. The molecule has 1 saturated carbocycles. The molecule has 1 aromatic heterocycles. The van der Waals surface area contributed by atoms with Crippen molar-refractivity contribution in [3.05, 3.63) is 93.4 Å². The lowest BCUT2D eigenvalue weighted by molar-refractivity contribution is -0.128. The summed E-state index contributed by atoms with van der Waals surface area (Å²) in [6, 6.07) is 18.0. The predicted octanol–water partition coefficient (Wildman–Crippen LogP) is 5.75. The van der Waals surface area contributed by atoms with Gasteiger partial charge < -0.3 is 16.0 Å². The van der Waals surface area contributed by atoms with Crippen molar-refractivity contribution in [3.8, 4) is 0 Å². The van der Waals surface area contributed by atoms with Crippen molar-refractivity contribution in [2.45, 2.75) is 70.6 Å². The Bertz CT molecular complexity index is 1290. The number of hydrogen-bond acceptors (Lipinski definition) is 5.